The lowest BCUT2D eigenvalue weighted by Gasteiger charge is -2.38. The van der Waals surface area contributed by atoms with E-state index in [1.165, 1.54) is 5.56 Å². The van der Waals surface area contributed by atoms with Crippen LogP contribution < -0.4 is 4.74 Å². The molecular formula is C21H26N2O2. The number of rotatable bonds is 5. The van der Waals surface area contributed by atoms with Gasteiger partial charge >= 0.3 is 0 Å². The number of hydrogen-bond donors (Lipinski definition) is 0. The van der Waals surface area contributed by atoms with Crippen LogP contribution in [0.4, 0.5) is 0 Å². The highest BCUT2D eigenvalue weighted by atomic mass is 16.5. The van der Waals surface area contributed by atoms with E-state index in [9.17, 15) is 4.79 Å². The van der Waals surface area contributed by atoms with E-state index in [4.69, 9.17) is 4.74 Å². The number of piperazine rings is 1. The van der Waals surface area contributed by atoms with Crippen LogP contribution in [-0.2, 0) is 11.2 Å². The zero-order valence-corrected chi connectivity index (χ0v) is 15.0. The minimum atomic E-state index is 0.206. The highest BCUT2D eigenvalue weighted by Gasteiger charge is 2.24. The second-order valence-electron chi connectivity index (χ2n) is 6.53. The van der Waals surface area contributed by atoms with Gasteiger partial charge in [0.05, 0.1) is 13.5 Å². The van der Waals surface area contributed by atoms with Crippen LogP contribution in [0.3, 0.4) is 0 Å². The SMILES string of the molecule is COc1ccc(CC(=O)N2CCN(C(C)c3ccccc3)CC2)cc1. The van der Waals surface area contributed by atoms with Gasteiger partial charge in [-0.15, -0.1) is 0 Å². The van der Waals surface area contributed by atoms with Crippen LogP contribution in [0.2, 0.25) is 0 Å². The molecule has 1 atom stereocenters. The van der Waals surface area contributed by atoms with Crippen molar-refractivity contribution in [2.75, 3.05) is 33.3 Å². The van der Waals surface area contributed by atoms with Crippen molar-refractivity contribution in [3.8, 4) is 5.75 Å². The van der Waals surface area contributed by atoms with Gasteiger partial charge in [-0.1, -0.05) is 42.5 Å². The van der Waals surface area contributed by atoms with Gasteiger partial charge in [-0.25, -0.2) is 0 Å². The summed E-state index contributed by atoms with van der Waals surface area (Å²) in [6.45, 7) is 5.68. The Bertz CT molecular complexity index is 677. The molecule has 0 N–H and O–H groups in total. The number of nitrogens with zero attached hydrogens (tertiary/aromatic N) is 2. The monoisotopic (exact) mass is 338 g/mol. The zero-order chi connectivity index (χ0) is 17.6. The first-order valence-corrected chi connectivity index (χ1v) is 8.87. The van der Waals surface area contributed by atoms with Crippen molar-refractivity contribution in [1.82, 2.24) is 9.80 Å². The molecule has 1 aliphatic heterocycles. The molecule has 2 aromatic carbocycles. The van der Waals surface area contributed by atoms with Gasteiger partial charge in [0, 0.05) is 32.2 Å². The maximum absolute atomic E-state index is 12.5. The molecule has 1 amide bonds. The summed E-state index contributed by atoms with van der Waals surface area (Å²) in [6.07, 6.45) is 0.457. The van der Waals surface area contributed by atoms with E-state index in [2.05, 4.69) is 36.1 Å². The first kappa shape index (κ1) is 17.5. The fourth-order valence-electron chi connectivity index (χ4n) is 3.33. The normalized spacial score (nSPS) is 16.5. The third kappa shape index (κ3) is 4.40. The molecule has 1 fully saturated rings. The zero-order valence-electron chi connectivity index (χ0n) is 15.0. The molecule has 0 aromatic heterocycles. The van der Waals surface area contributed by atoms with Crippen molar-refractivity contribution in [3.05, 3.63) is 65.7 Å². The number of hydrogen-bond acceptors (Lipinski definition) is 3. The van der Waals surface area contributed by atoms with Gasteiger partial charge < -0.3 is 9.64 Å². The van der Waals surface area contributed by atoms with Gasteiger partial charge in [0.15, 0.2) is 0 Å². The summed E-state index contributed by atoms with van der Waals surface area (Å²) in [5.74, 6) is 1.02. The summed E-state index contributed by atoms with van der Waals surface area (Å²) in [6, 6.07) is 18.7. The third-order valence-corrected chi connectivity index (χ3v) is 5.01. The third-order valence-electron chi connectivity index (χ3n) is 5.01. The quantitative estimate of drug-likeness (QED) is 0.840. The Labute approximate surface area is 150 Å². The first-order chi connectivity index (χ1) is 12.2. The molecule has 1 saturated heterocycles. The largest absolute Gasteiger partial charge is 0.497 e. The lowest BCUT2D eigenvalue weighted by atomic mass is 10.1. The fraction of sp³-hybridized carbons (Fsp3) is 0.381. The number of carbonyl (C=O) groups is 1. The van der Waals surface area contributed by atoms with E-state index in [-0.39, 0.29) is 5.91 Å². The number of ether oxygens (including phenoxy) is 1. The van der Waals surface area contributed by atoms with Gasteiger partial charge in [-0.2, -0.15) is 0 Å². The Morgan fingerprint density at radius 3 is 2.24 bits per heavy atom. The van der Waals surface area contributed by atoms with Gasteiger partial charge in [-0.3, -0.25) is 9.69 Å². The summed E-state index contributed by atoms with van der Waals surface area (Å²) in [5, 5.41) is 0. The Hall–Kier alpha value is -2.33. The standard InChI is InChI=1S/C21H26N2O2/c1-17(19-6-4-3-5-7-19)22-12-14-23(15-13-22)21(24)16-18-8-10-20(25-2)11-9-18/h3-11,17H,12-16H2,1-2H3. The average molecular weight is 338 g/mol. The van der Waals surface area contributed by atoms with E-state index in [1.54, 1.807) is 7.11 Å². The summed E-state index contributed by atoms with van der Waals surface area (Å²) in [7, 11) is 1.65. The van der Waals surface area contributed by atoms with Gasteiger partial charge in [-0.05, 0) is 30.2 Å². The molecule has 2 aromatic rings. The Morgan fingerprint density at radius 1 is 1.00 bits per heavy atom. The maximum Gasteiger partial charge on any atom is 0.227 e. The summed E-state index contributed by atoms with van der Waals surface area (Å²) in [5.41, 5.74) is 2.37. The van der Waals surface area contributed by atoms with Crippen LogP contribution in [0, 0.1) is 0 Å². The molecule has 0 bridgehead atoms. The Morgan fingerprint density at radius 2 is 1.64 bits per heavy atom. The van der Waals surface area contributed by atoms with Gasteiger partial charge in [0.1, 0.15) is 5.75 Å². The van der Waals surface area contributed by atoms with Crippen LogP contribution in [0.5, 0.6) is 5.75 Å². The maximum atomic E-state index is 12.5. The molecule has 0 radical (unpaired) electrons. The second kappa shape index (κ2) is 8.17. The molecule has 132 valence electrons. The smallest absolute Gasteiger partial charge is 0.227 e. The predicted octanol–water partition coefficient (Wildman–Crippen LogP) is 3.14. The second-order valence-corrected chi connectivity index (χ2v) is 6.53. The van der Waals surface area contributed by atoms with Gasteiger partial charge in [0.25, 0.3) is 0 Å². The van der Waals surface area contributed by atoms with Crippen molar-refractivity contribution >= 4 is 5.91 Å². The van der Waals surface area contributed by atoms with E-state index in [0.29, 0.717) is 12.5 Å². The fourth-order valence-corrected chi connectivity index (χ4v) is 3.33. The minimum Gasteiger partial charge on any atom is -0.497 e. The molecule has 1 heterocycles. The molecule has 3 rings (SSSR count). The molecule has 0 spiro atoms. The van der Waals surface area contributed by atoms with E-state index >= 15 is 0 Å². The Balaban J connectivity index is 1.52. The van der Waals surface area contributed by atoms with E-state index in [0.717, 1.165) is 37.5 Å². The van der Waals surface area contributed by atoms with Crippen molar-refractivity contribution < 1.29 is 9.53 Å². The summed E-state index contributed by atoms with van der Waals surface area (Å²) >= 11 is 0. The molecule has 4 heteroatoms. The number of benzene rings is 2. The van der Waals surface area contributed by atoms with Crippen molar-refractivity contribution in [3.63, 3.8) is 0 Å². The molecule has 0 saturated carbocycles. The highest BCUT2D eigenvalue weighted by Crippen LogP contribution is 2.21. The van der Waals surface area contributed by atoms with Crippen molar-refractivity contribution in [1.29, 1.82) is 0 Å². The minimum absolute atomic E-state index is 0.206. The van der Waals surface area contributed by atoms with Gasteiger partial charge in [0.2, 0.25) is 5.91 Å². The topological polar surface area (TPSA) is 32.8 Å². The van der Waals surface area contributed by atoms with Crippen LogP contribution in [0.15, 0.2) is 54.6 Å². The lowest BCUT2D eigenvalue weighted by molar-refractivity contribution is -0.132. The molecule has 1 aliphatic rings. The Kier molecular flexibility index (Phi) is 5.71. The average Bonchev–Trinajstić information content (AvgIpc) is 2.69. The van der Waals surface area contributed by atoms with Crippen molar-refractivity contribution in [2.24, 2.45) is 0 Å². The van der Waals surface area contributed by atoms with E-state index in [1.807, 2.05) is 35.2 Å². The highest BCUT2D eigenvalue weighted by molar-refractivity contribution is 5.79. The number of methoxy groups -OCH3 is 1. The number of carbonyl (C=O) groups excluding carboxylic acids is 1. The lowest BCUT2D eigenvalue weighted by Crippen LogP contribution is -2.49. The van der Waals surface area contributed by atoms with Crippen LogP contribution in [0.25, 0.3) is 0 Å². The van der Waals surface area contributed by atoms with Crippen molar-refractivity contribution in [2.45, 2.75) is 19.4 Å². The van der Waals surface area contributed by atoms with Crippen LogP contribution in [0.1, 0.15) is 24.1 Å². The number of amides is 1. The molecule has 0 aliphatic carbocycles. The first-order valence-electron chi connectivity index (χ1n) is 8.87. The molecule has 25 heavy (non-hydrogen) atoms. The summed E-state index contributed by atoms with van der Waals surface area (Å²) < 4.78 is 5.16. The van der Waals surface area contributed by atoms with Crippen LogP contribution >= 0.6 is 0 Å². The molecule has 1 unspecified atom stereocenters. The molecular weight excluding hydrogens is 312 g/mol. The predicted molar refractivity (Wildman–Crippen MR) is 99.7 cm³/mol. The van der Waals surface area contributed by atoms with E-state index < -0.39 is 0 Å². The molecule has 4 nitrogen and oxygen atoms in total. The summed E-state index contributed by atoms with van der Waals surface area (Å²) in [4.78, 5) is 17.0. The van der Waals surface area contributed by atoms with Crippen LogP contribution in [-0.4, -0.2) is 49.0 Å².